The lowest BCUT2D eigenvalue weighted by Gasteiger charge is -2.25. The maximum atomic E-state index is 4.43. The van der Waals surface area contributed by atoms with Crippen LogP contribution in [-0.2, 0) is 6.54 Å². The Morgan fingerprint density at radius 3 is 2.87 bits per heavy atom. The van der Waals surface area contributed by atoms with Crippen LogP contribution in [0.4, 0.5) is 0 Å². The quantitative estimate of drug-likeness (QED) is 0.831. The summed E-state index contributed by atoms with van der Waals surface area (Å²) in [5, 5.41) is 4.79. The Morgan fingerprint density at radius 1 is 1.53 bits per heavy atom. The summed E-state index contributed by atoms with van der Waals surface area (Å²) in [6.07, 6.45) is 6.30. The van der Waals surface area contributed by atoms with Gasteiger partial charge in [-0.2, -0.15) is 0 Å². The summed E-state index contributed by atoms with van der Waals surface area (Å²) >= 11 is 1.84. The van der Waals surface area contributed by atoms with Gasteiger partial charge in [0.15, 0.2) is 0 Å². The molecule has 84 valence electrons. The summed E-state index contributed by atoms with van der Waals surface area (Å²) < 4.78 is 0. The molecular weight excluding hydrogens is 204 g/mol. The Morgan fingerprint density at radius 2 is 2.33 bits per heavy atom. The molecule has 0 bridgehead atoms. The molecule has 0 radical (unpaired) electrons. The summed E-state index contributed by atoms with van der Waals surface area (Å²) in [5.74, 6) is 1.51. The van der Waals surface area contributed by atoms with E-state index in [2.05, 4.69) is 24.1 Å². The van der Waals surface area contributed by atoms with Crippen LogP contribution in [-0.4, -0.2) is 11.5 Å². The van der Waals surface area contributed by atoms with Crippen LogP contribution < -0.4 is 5.32 Å². The SMILES string of the molecule is CC(C)c1ncc(CNCC2CCC2)s1. The third-order valence-corrected chi connectivity index (χ3v) is 4.32. The van der Waals surface area contributed by atoms with Gasteiger partial charge >= 0.3 is 0 Å². The fourth-order valence-electron chi connectivity index (χ4n) is 1.77. The lowest BCUT2D eigenvalue weighted by Crippen LogP contribution is -2.26. The molecule has 0 unspecified atom stereocenters. The molecule has 0 amide bonds. The van der Waals surface area contributed by atoms with E-state index >= 15 is 0 Å². The smallest absolute Gasteiger partial charge is 0.0953 e. The second kappa shape index (κ2) is 5.08. The zero-order chi connectivity index (χ0) is 10.7. The van der Waals surface area contributed by atoms with E-state index < -0.39 is 0 Å². The average molecular weight is 224 g/mol. The van der Waals surface area contributed by atoms with Crippen molar-refractivity contribution < 1.29 is 0 Å². The first-order valence-corrected chi connectivity index (χ1v) is 6.72. The summed E-state index contributed by atoms with van der Waals surface area (Å²) in [5.41, 5.74) is 0. The predicted molar refractivity (Wildman–Crippen MR) is 65.3 cm³/mol. The molecule has 0 aromatic carbocycles. The molecule has 1 aliphatic rings. The third-order valence-electron chi connectivity index (χ3n) is 3.02. The maximum Gasteiger partial charge on any atom is 0.0953 e. The Bertz CT molecular complexity index is 302. The Labute approximate surface area is 96.1 Å². The van der Waals surface area contributed by atoms with Crippen LogP contribution in [0.2, 0.25) is 0 Å². The number of aromatic nitrogens is 1. The van der Waals surface area contributed by atoms with E-state index in [1.165, 1.54) is 35.7 Å². The van der Waals surface area contributed by atoms with Crippen molar-refractivity contribution in [1.82, 2.24) is 10.3 Å². The van der Waals surface area contributed by atoms with E-state index in [9.17, 15) is 0 Å². The average Bonchev–Trinajstić information content (AvgIpc) is 2.57. The van der Waals surface area contributed by atoms with Gasteiger partial charge in [-0.15, -0.1) is 11.3 Å². The van der Waals surface area contributed by atoms with Gasteiger partial charge in [-0.3, -0.25) is 0 Å². The minimum atomic E-state index is 0.565. The van der Waals surface area contributed by atoms with Gasteiger partial charge in [0.2, 0.25) is 0 Å². The highest BCUT2D eigenvalue weighted by atomic mass is 32.1. The molecule has 1 aromatic heterocycles. The van der Waals surface area contributed by atoms with Gasteiger partial charge in [0.05, 0.1) is 5.01 Å². The van der Waals surface area contributed by atoms with Gasteiger partial charge in [-0.1, -0.05) is 20.3 Å². The lowest BCUT2D eigenvalue weighted by atomic mass is 9.85. The highest BCUT2D eigenvalue weighted by Crippen LogP contribution is 2.25. The van der Waals surface area contributed by atoms with Crippen molar-refractivity contribution >= 4 is 11.3 Å². The number of nitrogens with one attached hydrogen (secondary N) is 1. The Balaban J connectivity index is 1.72. The van der Waals surface area contributed by atoms with Crippen molar-refractivity contribution in [3.63, 3.8) is 0 Å². The van der Waals surface area contributed by atoms with Crippen LogP contribution in [0.25, 0.3) is 0 Å². The Kier molecular flexibility index (Phi) is 3.76. The molecule has 0 spiro atoms. The van der Waals surface area contributed by atoms with Crippen molar-refractivity contribution in [3.05, 3.63) is 16.1 Å². The summed E-state index contributed by atoms with van der Waals surface area (Å²) in [4.78, 5) is 5.80. The van der Waals surface area contributed by atoms with Gasteiger partial charge in [0, 0.05) is 23.5 Å². The third kappa shape index (κ3) is 3.02. The van der Waals surface area contributed by atoms with Gasteiger partial charge in [0.25, 0.3) is 0 Å². The second-order valence-corrected chi connectivity index (χ2v) is 5.89. The van der Waals surface area contributed by atoms with Crippen LogP contribution in [0.15, 0.2) is 6.20 Å². The van der Waals surface area contributed by atoms with Crippen LogP contribution >= 0.6 is 11.3 Å². The van der Waals surface area contributed by atoms with Crippen molar-refractivity contribution in [2.45, 2.75) is 45.6 Å². The first kappa shape index (κ1) is 11.1. The van der Waals surface area contributed by atoms with Gasteiger partial charge in [0.1, 0.15) is 0 Å². The van der Waals surface area contributed by atoms with E-state index in [0.717, 1.165) is 12.5 Å². The van der Waals surface area contributed by atoms with Gasteiger partial charge < -0.3 is 5.32 Å². The molecule has 0 atom stereocenters. The highest BCUT2D eigenvalue weighted by Gasteiger charge is 2.16. The molecule has 1 heterocycles. The standard InChI is InChI=1S/C12H20N2S/c1-9(2)12-14-8-11(15-12)7-13-6-10-4-3-5-10/h8-10,13H,3-7H2,1-2H3. The molecule has 3 heteroatoms. The zero-order valence-corrected chi connectivity index (χ0v) is 10.4. The molecule has 15 heavy (non-hydrogen) atoms. The zero-order valence-electron chi connectivity index (χ0n) is 9.62. The van der Waals surface area contributed by atoms with E-state index in [-0.39, 0.29) is 0 Å². The number of rotatable bonds is 5. The normalized spacial score (nSPS) is 17.0. The van der Waals surface area contributed by atoms with Gasteiger partial charge in [-0.25, -0.2) is 4.98 Å². The molecule has 1 aromatic rings. The van der Waals surface area contributed by atoms with E-state index in [0.29, 0.717) is 5.92 Å². The first-order valence-electron chi connectivity index (χ1n) is 5.91. The molecule has 1 aliphatic carbocycles. The largest absolute Gasteiger partial charge is 0.312 e. The van der Waals surface area contributed by atoms with Crippen molar-refractivity contribution in [2.24, 2.45) is 5.92 Å². The van der Waals surface area contributed by atoms with Crippen LogP contribution in [0, 0.1) is 5.92 Å². The first-order chi connectivity index (χ1) is 7.25. The van der Waals surface area contributed by atoms with Gasteiger partial charge in [-0.05, 0) is 25.3 Å². The van der Waals surface area contributed by atoms with Crippen molar-refractivity contribution in [3.8, 4) is 0 Å². The van der Waals surface area contributed by atoms with Crippen LogP contribution in [0.5, 0.6) is 0 Å². The molecule has 1 saturated carbocycles. The van der Waals surface area contributed by atoms with E-state index in [4.69, 9.17) is 0 Å². The highest BCUT2D eigenvalue weighted by molar-refractivity contribution is 7.11. The minimum absolute atomic E-state index is 0.565. The summed E-state index contributed by atoms with van der Waals surface area (Å²) in [7, 11) is 0. The number of hydrogen-bond donors (Lipinski definition) is 1. The second-order valence-electron chi connectivity index (χ2n) is 4.75. The topological polar surface area (TPSA) is 24.9 Å². The number of hydrogen-bond acceptors (Lipinski definition) is 3. The molecule has 0 aliphatic heterocycles. The Hall–Kier alpha value is -0.410. The van der Waals surface area contributed by atoms with Crippen LogP contribution in [0.1, 0.15) is 48.9 Å². The predicted octanol–water partition coefficient (Wildman–Crippen LogP) is 3.16. The fourth-order valence-corrected chi connectivity index (χ4v) is 2.66. The maximum absolute atomic E-state index is 4.43. The number of thiazole rings is 1. The molecule has 0 saturated heterocycles. The molecule has 2 nitrogen and oxygen atoms in total. The minimum Gasteiger partial charge on any atom is -0.312 e. The summed E-state index contributed by atoms with van der Waals surface area (Å²) in [6.45, 7) is 6.59. The van der Waals surface area contributed by atoms with E-state index in [1.54, 1.807) is 0 Å². The van der Waals surface area contributed by atoms with Crippen molar-refractivity contribution in [1.29, 1.82) is 0 Å². The summed E-state index contributed by atoms with van der Waals surface area (Å²) in [6, 6.07) is 0. The molecule has 1 fully saturated rings. The lowest BCUT2D eigenvalue weighted by molar-refractivity contribution is 0.301. The van der Waals surface area contributed by atoms with Crippen molar-refractivity contribution in [2.75, 3.05) is 6.54 Å². The molecular formula is C12H20N2S. The van der Waals surface area contributed by atoms with Crippen LogP contribution in [0.3, 0.4) is 0 Å². The number of nitrogens with zero attached hydrogens (tertiary/aromatic N) is 1. The fraction of sp³-hybridized carbons (Fsp3) is 0.750. The molecule has 1 N–H and O–H groups in total. The molecule has 2 rings (SSSR count). The monoisotopic (exact) mass is 224 g/mol. The van der Waals surface area contributed by atoms with E-state index in [1.807, 2.05) is 17.5 Å².